The Bertz CT molecular complexity index is 658. The molecule has 2 rings (SSSR count). The first-order chi connectivity index (χ1) is 9.99. The van der Waals surface area contributed by atoms with Crippen LogP contribution in [0.15, 0.2) is 42.5 Å². The van der Waals surface area contributed by atoms with Gasteiger partial charge in [-0.15, -0.1) is 0 Å². The summed E-state index contributed by atoms with van der Waals surface area (Å²) in [4.78, 5) is 11.8. The van der Waals surface area contributed by atoms with Crippen molar-refractivity contribution in [2.24, 2.45) is 0 Å². The molecule has 2 aromatic carbocycles. The number of aliphatic hydroxyl groups excluding tert-OH is 1. The lowest BCUT2D eigenvalue weighted by Gasteiger charge is -2.14. The Morgan fingerprint density at radius 3 is 2.62 bits per heavy atom. The fourth-order valence-electron chi connectivity index (χ4n) is 2.03. The predicted octanol–water partition coefficient (Wildman–Crippen LogP) is 2.74. The molecule has 0 aromatic heterocycles. The molecule has 21 heavy (non-hydrogen) atoms. The Hall–Kier alpha value is -2.27. The fourth-order valence-corrected chi connectivity index (χ4v) is 2.03. The zero-order valence-corrected chi connectivity index (χ0v) is 11.4. The number of carbonyl (C=O) groups excluding carboxylic acids is 1. The molecule has 0 saturated heterocycles. The Labute approximate surface area is 121 Å². The van der Waals surface area contributed by atoms with E-state index in [0.717, 1.165) is 17.7 Å². The van der Waals surface area contributed by atoms with Crippen LogP contribution in [0.5, 0.6) is 0 Å². The van der Waals surface area contributed by atoms with Gasteiger partial charge in [0.25, 0.3) is 5.91 Å². The third kappa shape index (κ3) is 3.64. The SMILES string of the molecule is Cc1ccccc1C(O)CNC(=O)c1ccc(F)cc1F. The summed E-state index contributed by atoms with van der Waals surface area (Å²) in [7, 11) is 0. The van der Waals surface area contributed by atoms with E-state index in [2.05, 4.69) is 5.32 Å². The van der Waals surface area contributed by atoms with Gasteiger partial charge in [0.15, 0.2) is 0 Å². The van der Waals surface area contributed by atoms with E-state index in [9.17, 15) is 18.7 Å². The standard InChI is InChI=1S/C16H15F2NO2/c1-10-4-2-3-5-12(10)15(20)9-19-16(21)13-7-6-11(17)8-14(13)18/h2-8,15,20H,9H2,1H3,(H,19,21). The summed E-state index contributed by atoms with van der Waals surface area (Å²) >= 11 is 0. The average molecular weight is 291 g/mol. The predicted molar refractivity (Wildman–Crippen MR) is 74.8 cm³/mol. The molecular formula is C16H15F2NO2. The molecule has 0 fully saturated rings. The van der Waals surface area contributed by atoms with Gasteiger partial charge in [-0.3, -0.25) is 4.79 Å². The maximum absolute atomic E-state index is 13.4. The molecular weight excluding hydrogens is 276 g/mol. The number of hydrogen-bond acceptors (Lipinski definition) is 2. The number of hydrogen-bond donors (Lipinski definition) is 2. The van der Waals surface area contributed by atoms with Crippen molar-refractivity contribution in [1.82, 2.24) is 5.32 Å². The summed E-state index contributed by atoms with van der Waals surface area (Å²) < 4.78 is 26.2. The van der Waals surface area contributed by atoms with Crippen LogP contribution in [-0.4, -0.2) is 17.6 Å². The molecule has 3 nitrogen and oxygen atoms in total. The van der Waals surface area contributed by atoms with E-state index in [1.54, 1.807) is 12.1 Å². The van der Waals surface area contributed by atoms with Gasteiger partial charge in [0.05, 0.1) is 11.7 Å². The molecule has 0 heterocycles. The number of rotatable bonds is 4. The largest absolute Gasteiger partial charge is 0.387 e. The summed E-state index contributed by atoms with van der Waals surface area (Å²) in [6.45, 7) is 1.79. The van der Waals surface area contributed by atoms with E-state index in [1.165, 1.54) is 0 Å². The molecule has 0 spiro atoms. The van der Waals surface area contributed by atoms with Gasteiger partial charge in [-0.2, -0.15) is 0 Å². The van der Waals surface area contributed by atoms with Crippen molar-refractivity contribution in [1.29, 1.82) is 0 Å². The number of nitrogens with one attached hydrogen (secondary N) is 1. The molecule has 2 N–H and O–H groups in total. The zero-order valence-electron chi connectivity index (χ0n) is 11.4. The van der Waals surface area contributed by atoms with Crippen LogP contribution in [0.1, 0.15) is 27.6 Å². The van der Waals surface area contributed by atoms with Crippen molar-refractivity contribution in [2.75, 3.05) is 6.54 Å². The normalized spacial score (nSPS) is 12.0. The van der Waals surface area contributed by atoms with E-state index in [4.69, 9.17) is 0 Å². The Kier molecular flexibility index (Phi) is 4.65. The summed E-state index contributed by atoms with van der Waals surface area (Å²) in [5, 5.41) is 12.5. The molecule has 1 atom stereocenters. The number of benzene rings is 2. The Morgan fingerprint density at radius 1 is 1.24 bits per heavy atom. The van der Waals surface area contributed by atoms with Gasteiger partial charge >= 0.3 is 0 Å². The number of aryl methyl sites for hydroxylation is 1. The van der Waals surface area contributed by atoms with Crippen molar-refractivity contribution in [3.05, 3.63) is 70.8 Å². The summed E-state index contributed by atoms with van der Waals surface area (Å²) in [6, 6.07) is 9.96. The lowest BCUT2D eigenvalue weighted by molar-refractivity contribution is 0.0912. The van der Waals surface area contributed by atoms with Crippen molar-refractivity contribution in [3.8, 4) is 0 Å². The number of amides is 1. The van der Waals surface area contributed by atoms with Crippen molar-refractivity contribution < 1.29 is 18.7 Å². The van der Waals surface area contributed by atoms with Gasteiger partial charge < -0.3 is 10.4 Å². The van der Waals surface area contributed by atoms with Crippen LogP contribution < -0.4 is 5.32 Å². The zero-order chi connectivity index (χ0) is 15.4. The van der Waals surface area contributed by atoms with E-state index in [-0.39, 0.29) is 12.1 Å². The third-order valence-electron chi connectivity index (χ3n) is 3.18. The molecule has 1 unspecified atom stereocenters. The highest BCUT2D eigenvalue weighted by Crippen LogP contribution is 2.16. The summed E-state index contributed by atoms with van der Waals surface area (Å²) in [5.41, 5.74) is 1.33. The highest BCUT2D eigenvalue weighted by atomic mass is 19.1. The van der Waals surface area contributed by atoms with Gasteiger partial charge in [-0.05, 0) is 30.2 Å². The quantitative estimate of drug-likeness (QED) is 0.910. The number of aliphatic hydroxyl groups is 1. The van der Waals surface area contributed by atoms with Gasteiger partial charge in [-0.1, -0.05) is 24.3 Å². The maximum atomic E-state index is 13.4. The van der Waals surface area contributed by atoms with Gasteiger partial charge in [0, 0.05) is 12.6 Å². The lowest BCUT2D eigenvalue weighted by Crippen LogP contribution is -2.29. The van der Waals surface area contributed by atoms with Crippen molar-refractivity contribution in [2.45, 2.75) is 13.0 Å². The molecule has 0 bridgehead atoms. The van der Waals surface area contributed by atoms with E-state index < -0.39 is 23.6 Å². The van der Waals surface area contributed by atoms with Crippen molar-refractivity contribution in [3.63, 3.8) is 0 Å². The molecule has 0 aliphatic heterocycles. The van der Waals surface area contributed by atoms with Crippen LogP contribution in [0.2, 0.25) is 0 Å². The second-order valence-electron chi connectivity index (χ2n) is 4.71. The molecule has 0 saturated carbocycles. The summed E-state index contributed by atoms with van der Waals surface area (Å²) in [6.07, 6.45) is -0.890. The molecule has 0 radical (unpaired) electrons. The highest BCUT2D eigenvalue weighted by molar-refractivity contribution is 5.94. The van der Waals surface area contributed by atoms with Gasteiger partial charge in [0.1, 0.15) is 11.6 Å². The monoisotopic (exact) mass is 291 g/mol. The smallest absolute Gasteiger partial charge is 0.254 e. The Morgan fingerprint density at radius 2 is 1.95 bits per heavy atom. The third-order valence-corrected chi connectivity index (χ3v) is 3.18. The van der Waals surface area contributed by atoms with E-state index >= 15 is 0 Å². The fraction of sp³-hybridized carbons (Fsp3) is 0.188. The molecule has 5 heteroatoms. The first-order valence-electron chi connectivity index (χ1n) is 6.46. The lowest BCUT2D eigenvalue weighted by atomic mass is 10.0. The van der Waals surface area contributed by atoms with E-state index in [1.807, 2.05) is 19.1 Å². The molecule has 1 amide bonds. The Balaban J connectivity index is 2.02. The molecule has 0 aliphatic rings. The molecule has 0 aliphatic carbocycles. The maximum Gasteiger partial charge on any atom is 0.254 e. The highest BCUT2D eigenvalue weighted by Gasteiger charge is 2.15. The van der Waals surface area contributed by atoms with Crippen molar-refractivity contribution >= 4 is 5.91 Å². The molecule has 2 aromatic rings. The minimum atomic E-state index is -0.933. The topological polar surface area (TPSA) is 49.3 Å². The van der Waals surface area contributed by atoms with Crippen LogP contribution in [0.4, 0.5) is 8.78 Å². The summed E-state index contributed by atoms with van der Waals surface area (Å²) in [5.74, 6) is -2.37. The second kappa shape index (κ2) is 6.45. The minimum Gasteiger partial charge on any atom is -0.387 e. The van der Waals surface area contributed by atoms with Crippen LogP contribution in [-0.2, 0) is 0 Å². The number of halogens is 2. The van der Waals surface area contributed by atoms with Gasteiger partial charge in [-0.25, -0.2) is 8.78 Å². The number of carbonyl (C=O) groups is 1. The first kappa shape index (κ1) is 15.1. The molecule has 110 valence electrons. The average Bonchev–Trinajstić information content (AvgIpc) is 2.45. The van der Waals surface area contributed by atoms with Crippen LogP contribution in [0.25, 0.3) is 0 Å². The first-order valence-corrected chi connectivity index (χ1v) is 6.46. The minimum absolute atomic E-state index is 0.0551. The van der Waals surface area contributed by atoms with Crippen LogP contribution >= 0.6 is 0 Å². The van der Waals surface area contributed by atoms with Crippen LogP contribution in [0.3, 0.4) is 0 Å². The second-order valence-corrected chi connectivity index (χ2v) is 4.71. The van der Waals surface area contributed by atoms with Crippen LogP contribution in [0, 0.1) is 18.6 Å². The van der Waals surface area contributed by atoms with E-state index in [0.29, 0.717) is 11.6 Å². The van der Waals surface area contributed by atoms with Gasteiger partial charge in [0.2, 0.25) is 0 Å².